The summed E-state index contributed by atoms with van der Waals surface area (Å²) >= 11 is 0. The second-order valence-electron chi connectivity index (χ2n) is 4.20. The number of nitrogens with zero attached hydrogens (tertiary/aromatic N) is 2. The predicted molar refractivity (Wildman–Crippen MR) is 62.7 cm³/mol. The average Bonchev–Trinajstić information content (AvgIpc) is 2.12. The third-order valence-corrected chi connectivity index (χ3v) is 2.24. The van der Waals surface area contributed by atoms with Crippen LogP contribution in [-0.2, 0) is 12.8 Å². The lowest BCUT2D eigenvalue weighted by Gasteiger charge is -2.07. The molecule has 3 nitrogen and oxygen atoms in total. The highest BCUT2D eigenvalue weighted by atomic mass is 14.9. The summed E-state index contributed by atoms with van der Waals surface area (Å²) in [4.78, 5) is 8.95. The van der Waals surface area contributed by atoms with Crippen molar-refractivity contribution in [1.29, 1.82) is 0 Å². The Bertz CT molecular complexity index is 308. The standard InChI is InChI=1S/C12H21N3/c1-4-5-6-12-14-10(3)8-11(15-12)7-9(2)13/h8-9H,4-7,13H2,1-3H3. The summed E-state index contributed by atoms with van der Waals surface area (Å²) in [5.41, 5.74) is 7.89. The molecule has 0 saturated carbocycles. The molecule has 1 unspecified atom stereocenters. The number of unbranched alkanes of at least 4 members (excludes halogenated alkanes) is 1. The van der Waals surface area contributed by atoms with E-state index in [9.17, 15) is 0 Å². The molecule has 0 aromatic carbocycles. The first kappa shape index (κ1) is 12.1. The van der Waals surface area contributed by atoms with Crippen LogP contribution >= 0.6 is 0 Å². The lowest BCUT2D eigenvalue weighted by atomic mass is 10.1. The summed E-state index contributed by atoms with van der Waals surface area (Å²) in [5, 5.41) is 0. The van der Waals surface area contributed by atoms with E-state index in [-0.39, 0.29) is 6.04 Å². The van der Waals surface area contributed by atoms with Crippen molar-refractivity contribution in [2.75, 3.05) is 0 Å². The molecular weight excluding hydrogens is 186 g/mol. The van der Waals surface area contributed by atoms with Gasteiger partial charge in [-0.05, 0) is 26.3 Å². The molecule has 0 amide bonds. The normalized spacial score (nSPS) is 12.8. The molecule has 0 spiro atoms. The van der Waals surface area contributed by atoms with Gasteiger partial charge in [0.15, 0.2) is 0 Å². The summed E-state index contributed by atoms with van der Waals surface area (Å²) < 4.78 is 0. The Kier molecular flexibility index (Phi) is 4.69. The van der Waals surface area contributed by atoms with Gasteiger partial charge in [-0.25, -0.2) is 9.97 Å². The fraction of sp³-hybridized carbons (Fsp3) is 0.667. The van der Waals surface area contributed by atoms with Crippen molar-refractivity contribution in [3.8, 4) is 0 Å². The fourth-order valence-electron chi connectivity index (χ4n) is 1.58. The van der Waals surface area contributed by atoms with Gasteiger partial charge in [0, 0.05) is 30.3 Å². The van der Waals surface area contributed by atoms with Crippen LogP contribution in [0.1, 0.15) is 43.9 Å². The van der Waals surface area contributed by atoms with Gasteiger partial charge >= 0.3 is 0 Å². The SMILES string of the molecule is CCCCc1nc(C)cc(CC(C)N)n1. The van der Waals surface area contributed by atoms with E-state index in [4.69, 9.17) is 5.73 Å². The van der Waals surface area contributed by atoms with Crippen LogP contribution in [0.4, 0.5) is 0 Å². The molecule has 3 heteroatoms. The van der Waals surface area contributed by atoms with Gasteiger partial charge in [0.05, 0.1) is 0 Å². The molecule has 0 aliphatic rings. The molecule has 2 N–H and O–H groups in total. The van der Waals surface area contributed by atoms with Crippen LogP contribution < -0.4 is 5.73 Å². The highest BCUT2D eigenvalue weighted by molar-refractivity contribution is 5.11. The van der Waals surface area contributed by atoms with Crippen molar-refractivity contribution in [2.24, 2.45) is 5.73 Å². The van der Waals surface area contributed by atoms with Gasteiger partial charge in [0.1, 0.15) is 5.82 Å². The van der Waals surface area contributed by atoms with Crippen LogP contribution in [0.25, 0.3) is 0 Å². The van der Waals surface area contributed by atoms with Crippen LogP contribution in [0, 0.1) is 6.92 Å². The van der Waals surface area contributed by atoms with Crippen LogP contribution in [0.5, 0.6) is 0 Å². The van der Waals surface area contributed by atoms with E-state index in [0.29, 0.717) is 0 Å². The molecule has 1 aromatic heterocycles. The number of aryl methyl sites for hydroxylation is 2. The lowest BCUT2D eigenvalue weighted by Crippen LogP contribution is -2.19. The zero-order valence-electron chi connectivity index (χ0n) is 9.95. The van der Waals surface area contributed by atoms with Gasteiger partial charge in [-0.2, -0.15) is 0 Å². The lowest BCUT2D eigenvalue weighted by molar-refractivity contribution is 0.694. The van der Waals surface area contributed by atoms with Crippen LogP contribution in [0.15, 0.2) is 6.07 Å². The van der Waals surface area contributed by atoms with E-state index in [0.717, 1.165) is 36.5 Å². The molecule has 0 bridgehead atoms. The smallest absolute Gasteiger partial charge is 0.128 e. The molecule has 0 fully saturated rings. The van der Waals surface area contributed by atoms with Crippen LogP contribution in [-0.4, -0.2) is 16.0 Å². The maximum absolute atomic E-state index is 5.76. The minimum absolute atomic E-state index is 0.165. The zero-order valence-corrected chi connectivity index (χ0v) is 9.95. The van der Waals surface area contributed by atoms with E-state index < -0.39 is 0 Å². The molecule has 0 aliphatic carbocycles. The molecule has 1 atom stereocenters. The average molecular weight is 207 g/mol. The van der Waals surface area contributed by atoms with Crippen molar-refractivity contribution in [2.45, 2.75) is 52.5 Å². The van der Waals surface area contributed by atoms with E-state index in [2.05, 4.69) is 16.9 Å². The van der Waals surface area contributed by atoms with Gasteiger partial charge in [0.25, 0.3) is 0 Å². The molecule has 15 heavy (non-hydrogen) atoms. The highest BCUT2D eigenvalue weighted by Gasteiger charge is 2.04. The quantitative estimate of drug-likeness (QED) is 0.803. The third kappa shape index (κ3) is 4.38. The van der Waals surface area contributed by atoms with Crippen LogP contribution in [0.2, 0.25) is 0 Å². The van der Waals surface area contributed by atoms with Gasteiger partial charge in [-0.15, -0.1) is 0 Å². The molecule has 1 rings (SSSR count). The second kappa shape index (κ2) is 5.81. The Morgan fingerprint density at radius 3 is 2.73 bits per heavy atom. The number of hydrogen-bond acceptors (Lipinski definition) is 3. The summed E-state index contributed by atoms with van der Waals surface area (Å²) in [7, 11) is 0. The molecule has 1 heterocycles. The Hall–Kier alpha value is -0.960. The van der Waals surface area contributed by atoms with Gasteiger partial charge in [-0.1, -0.05) is 13.3 Å². The first-order chi connectivity index (χ1) is 7.11. The van der Waals surface area contributed by atoms with Crippen molar-refractivity contribution >= 4 is 0 Å². The topological polar surface area (TPSA) is 51.8 Å². The maximum Gasteiger partial charge on any atom is 0.128 e. The first-order valence-corrected chi connectivity index (χ1v) is 5.70. The summed E-state index contributed by atoms with van der Waals surface area (Å²) in [6.45, 7) is 6.20. The Labute approximate surface area is 92.1 Å². The fourth-order valence-corrected chi connectivity index (χ4v) is 1.58. The first-order valence-electron chi connectivity index (χ1n) is 5.70. The van der Waals surface area contributed by atoms with Crippen molar-refractivity contribution in [3.05, 3.63) is 23.3 Å². The Morgan fingerprint density at radius 1 is 1.40 bits per heavy atom. The van der Waals surface area contributed by atoms with Crippen molar-refractivity contribution < 1.29 is 0 Å². The molecule has 0 aliphatic heterocycles. The molecule has 0 saturated heterocycles. The Morgan fingerprint density at radius 2 is 2.13 bits per heavy atom. The monoisotopic (exact) mass is 207 g/mol. The van der Waals surface area contributed by atoms with Crippen LogP contribution in [0.3, 0.4) is 0 Å². The second-order valence-corrected chi connectivity index (χ2v) is 4.20. The Balaban J connectivity index is 2.75. The van der Waals surface area contributed by atoms with E-state index in [1.807, 2.05) is 19.9 Å². The van der Waals surface area contributed by atoms with Crippen molar-refractivity contribution in [1.82, 2.24) is 9.97 Å². The van der Waals surface area contributed by atoms with E-state index in [1.54, 1.807) is 0 Å². The molecule has 0 radical (unpaired) electrons. The highest BCUT2D eigenvalue weighted by Crippen LogP contribution is 2.05. The van der Waals surface area contributed by atoms with Gasteiger partial charge < -0.3 is 5.73 Å². The number of aromatic nitrogens is 2. The summed E-state index contributed by atoms with van der Waals surface area (Å²) in [6.07, 6.45) is 4.15. The molecule has 1 aromatic rings. The largest absolute Gasteiger partial charge is 0.328 e. The minimum Gasteiger partial charge on any atom is -0.328 e. The zero-order chi connectivity index (χ0) is 11.3. The molecule has 84 valence electrons. The number of hydrogen-bond donors (Lipinski definition) is 1. The number of rotatable bonds is 5. The molecular formula is C12H21N3. The maximum atomic E-state index is 5.76. The number of nitrogens with two attached hydrogens (primary N) is 1. The van der Waals surface area contributed by atoms with Gasteiger partial charge in [0.2, 0.25) is 0 Å². The van der Waals surface area contributed by atoms with E-state index in [1.165, 1.54) is 6.42 Å². The predicted octanol–water partition coefficient (Wildman–Crippen LogP) is 2.02. The summed E-state index contributed by atoms with van der Waals surface area (Å²) in [5.74, 6) is 0.965. The van der Waals surface area contributed by atoms with Crippen molar-refractivity contribution in [3.63, 3.8) is 0 Å². The van der Waals surface area contributed by atoms with E-state index >= 15 is 0 Å². The van der Waals surface area contributed by atoms with Gasteiger partial charge in [-0.3, -0.25) is 0 Å². The minimum atomic E-state index is 0.165. The summed E-state index contributed by atoms with van der Waals surface area (Å²) in [6, 6.07) is 2.19. The third-order valence-electron chi connectivity index (χ3n) is 2.24.